The number of aromatic nitrogens is 6. The summed E-state index contributed by atoms with van der Waals surface area (Å²) in [5.74, 6) is 0. The Hall–Kier alpha value is -5.88. The van der Waals surface area contributed by atoms with Gasteiger partial charge in [-0.05, 0) is 36.4 Å². The molecule has 7 heterocycles. The van der Waals surface area contributed by atoms with Gasteiger partial charge in [-0.1, -0.05) is 72.8 Å². The highest BCUT2D eigenvalue weighted by molar-refractivity contribution is 6.09. The fourth-order valence-corrected chi connectivity index (χ4v) is 6.16. The molecule has 0 atom stereocenters. The zero-order valence-electron chi connectivity index (χ0n) is 22.1. The van der Waals surface area contributed by atoms with Crippen molar-refractivity contribution in [3.63, 3.8) is 0 Å². The SMILES string of the molecule is c1cc2ccc3nc2c2nc(ccc12)c1ccc2ccc4ccc(nc4c2n1)c1ccc2ccc4ccc3nc4c2n1. The molecular weight excluding hydrogens is 516 g/mol. The first-order chi connectivity index (χ1) is 20.7. The van der Waals surface area contributed by atoms with Gasteiger partial charge < -0.3 is 0 Å². The lowest BCUT2D eigenvalue weighted by molar-refractivity contribution is 1.40. The lowest BCUT2D eigenvalue weighted by atomic mass is 10.1. The van der Waals surface area contributed by atoms with Gasteiger partial charge in [0.25, 0.3) is 0 Å². The molecule has 0 aliphatic rings. The van der Waals surface area contributed by atoms with Crippen molar-refractivity contribution in [1.29, 1.82) is 0 Å². The number of nitrogens with zero attached hydrogens (tertiary/aromatic N) is 6. The van der Waals surface area contributed by atoms with Crippen LogP contribution >= 0.6 is 0 Å². The van der Waals surface area contributed by atoms with Crippen LogP contribution < -0.4 is 0 Å². The Balaban J connectivity index is 1.49. The van der Waals surface area contributed by atoms with Gasteiger partial charge in [0, 0.05) is 32.3 Å². The van der Waals surface area contributed by atoms with Crippen LogP contribution in [0.15, 0.2) is 109 Å². The van der Waals surface area contributed by atoms with Crippen molar-refractivity contribution >= 4 is 98.5 Å². The van der Waals surface area contributed by atoms with E-state index in [0.29, 0.717) is 0 Å². The predicted molar refractivity (Wildman–Crippen MR) is 171 cm³/mol. The normalized spacial score (nSPS) is 12.3. The van der Waals surface area contributed by atoms with Crippen molar-refractivity contribution in [3.8, 4) is 0 Å². The quantitative estimate of drug-likeness (QED) is 0.182. The topological polar surface area (TPSA) is 77.3 Å². The van der Waals surface area contributed by atoms with Crippen molar-refractivity contribution in [1.82, 2.24) is 29.9 Å². The maximum absolute atomic E-state index is 5.13. The summed E-state index contributed by atoms with van der Waals surface area (Å²) in [6.45, 7) is 0. The Morgan fingerprint density at radius 3 is 0.500 bits per heavy atom. The molecule has 192 valence electrons. The fraction of sp³-hybridized carbons (Fsp3) is 0. The number of fused-ring (bicyclic) bond motifs is 9. The van der Waals surface area contributed by atoms with E-state index in [2.05, 4.69) is 72.8 Å². The molecule has 0 saturated carbocycles. The number of rotatable bonds is 0. The van der Waals surface area contributed by atoms with E-state index in [4.69, 9.17) is 29.9 Å². The van der Waals surface area contributed by atoms with Crippen LogP contribution in [0.3, 0.4) is 0 Å². The van der Waals surface area contributed by atoms with Gasteiger partial charge in [-0.3, -0.25) is 0 Å². The second kappa shape index (κ2) is 7.86. The van der Waals surface area contributed by atoms with Gasteiger partial charge in [0.1, 0.15) is 0 Å². The Bertz CT molecular complexity index is 2310. The standard InChI is InChI=1S/C36H18N6/c1-2-20-8-14-26-28-16-10-22-5-6-24-12-18-30(42-36(24)35(22)40-28)29-17-11-23-4-3-21-9-15-27(39-33(21)34(23)41-29)25-13-7-19(1)31(37-25)32(20)38-26/h1-18H. The second-order valence-corrected chi connectivity index (χ2v) is 10.8. The van der Waals surface area contributed by atoms with E-state index in [1.807, 2.05) is 36.4 Å². The summed E-state index contributed by atoms with van der Waals surface area (Å²) in [5, 5.41) is 6.15. The van der Waals surface area contributed by atoms with Gasteiger partial charge >= 0.3 is 0 Å². The summed E-state index contributed by atoms with van der Waals surface area (Å²) in [4.78, 5) is 30.8. The molecule has 0 unspecified atom stereocenters. The molecule has 7 aromatic heterocycles. The molecule has 0 saturated heterocycles. The molecule has 6 nitrogen and oxygen atoms in total. The van der Waals surface area contributed by atoms with Crippen LogP contribution in [-0.4, -0.2) is 29.9 Å². The van der Waals surface area contributed by atoms with Crippen molar-refractivity contribution in [2.24, 2.45) is 0 Å². The van der Waals surface area contributed by atoms with Crippen molar-refractivity contribution < 1.29 is 0 Å². The van der Waals surface area contributed by atoms with E-state index in [-0.39, 0.29) is 0 Å². The minimum atomic E-state index is 0.791. The van der Waals surface area contributed by atoms with E-state index in [1.54, 1.807) is 0 Å². The average molecular weight is 535 g/mol. The number of hydrogen-bond acceptors (Lipinski definition) is 6. The van der Waals surface area contributed by atoms with E-state index in [1.165, 1.54) is 0 Å². The summed E-state index contributed by atoms with van der Waals surface area (Å²) in [6.07, 6.45) is 0. The second-order valence-electron chi connectivity index (χ2n) is 10.8. The van der Waals surface area contributed by atoms with E-state index in [9.17, 15) is 0 Å². The largest absolute Gasteiger partial charge is 0.244 e. The van der Waals surface area contributed by atoms with Gasteiger partial charge in [-0.15, -0.1) is 0 Å². The van der Waals surface area contributed by atoms with Crippen LogP contribution in [0.25, 0.3) is 98.5 Å². The highest BCUT2D eigenvalue weighted by Crippen LogP contribution is 2.30. The molecule has 0 radical (unpaired) electrons. The van der Waals surface area contributed by atoms with Crippen molar-refractivity contribution in [2.45, 2.75) is 0 Å². The maximum Gasteiger partial charge on any atom is 0.0973 e. The third-order valence-electron chi connectivity index (χ3n) is 8.35. The van der Waals surface area contributed by atoms with Crippen LogP contribution in [0.2, 0.25) is 0 Å². The highest BCUT2D eigenvalue weighted by atomic mass is 14.8. The minimum Gasteiger partial charge on any atom is -0.244 e. The summed E-state index contributed by atoms with van der Waals surface area (Å²) < 4.78 is 0. The van der Waals surface area contributed by atoms with Crippen LogP contribution in [0.4, 0.5) is 0 Å². The monoisotopic (exact) mass is 534 g/mol. The molecular formula is C36H18N6. The fourth-order valence-electron chi connectivity index (χ4n) is 6.16. The summed E-state index contributed by atoms with van der Waals surface area (Å²) in [6, 6.07) is 37.3. The lowest BCUT2D eigenvalue weighted by Crippen LogP contribution is -1.91. The first-order valence-corrected chi connectivity index (χ1v) is 13.9. The third kappa shape index (κ3) is 3.03. The van der Waals surface area contributed by atoms with Crippen LogP contribution in [0.5, 0.6) is 0 Å². The zero-order chi connectivity index (χ0) is 27.4. The Kier molecular flexibility index (Phi) is 4.10. The number of benzene rings is 3. The summed E-state index contributed by atoms with van der Waals surface area (Å²) >= 11 is 0. The van der Waals surface area contributed by atoms with E-state index in [0.717, 1.165) is 98.5 Å². The van der Waals surface area contributed by atoms with Gasteiger partial charge in [-0.25, -0.2) is 29.9 Å². The summed E-state index contributed by atoms with van der Waals surface area (Å²) in [7, 11) is 0. The van der Waals surface area contributed by atoms with Gasteiger partial charge in [0.15, 0.2) is 0 Å². The van der Waals surface area contributed by atoms with Crippen molar-refractivity contribution in [2.75, 3.05) is 0 Å². The highest BCUT2D eigenvalue weighted by Gasteiger charge is 2.11. The Labute approximate surface area is 237 Å². The first-order valence-electron chi connectivity index (χ1n) is 13.9. The molecule has 6 heteroatoms. The van der Waals surface area contributed by atoms with Gasteiger partial charge in [0.2, 0.25) is 0 Å². The van der Waals surface area contributed by atoms with Crippen LogP contribution in [0, 0.1) is 0 Å². The average Bonchev–Trinajstić information content (AvgIpc) is 3.06. The van der Waals surface area contributed by atoms with Gasteiger partial charge in [0.05, 0.1) is 66.2 Å². The molecule has 3 aromatic carbocycles. The molecule has 0 aliphatic carbocycles. The Morgan fingerprint density at radius 2 is 0.333 bits per heavy atom. The molecule has 0 amide bonds. The first kappa shape index (κ1) is 21.9. The Morgan fingerprint density at radius 1 is 0.190 bits per heavy atom. The van der Waals surface area contributed by atoms with E-state index < -0.39 is 0 Å². The maximum atomic E-state index is 5.13. The molecule has 42 heavy (non-hydrogen) atoms. The lowest BCUT2D eigenvalue weighted by Gasteiger charge is -2.07. The van der Waals surface area contributed by atoms with Gasteiger partial charge in [-0.2, -0.15) is 0 Å². The molecule has 10 rings (SSSR count). The number of pyridine rings is 6. The smallest absolute Gasteiger partial charge is 0.0973 e. The minimum absolute atomic E-state index is 0.791. The molecule has 12 bridgehead atoms. The third-order valence-corrected chi connectivity index (χ3v) is 8.35. The molecule has 0 aliphatic heterocycles. The predicted octanol–water partition coefficient (Wildman–Crippen LogP) is 8.44. The van der Waals surface area contributed by atoms with Crippen LogP contribution in [-0.2, 0) is 0 Å². The number of hydrogen-bond donors (Lipinski definition) is 0. The van der Waals surface area contributed by atoms with Crippen molar-refractivity contribution in [3.05, 3.63) is 109 Å². The molecule has 0 N–H and O–H groups in total. The molecule has 0 spiro atoms. The molecule has 10 aromatic rings. The summed E-state index contributed by atoms with van der Waals surface area (Å²) in [5.41, 5.74) is 9.78. The van der Waals surface area contributed by atoms with E-state index >= 15 is 0 Å². The van der Waals surface area contributed by atoms with Crippen LogP contribution in [0.1, 0.15) is 0 Å². The zero-order valence-corrected chi connectivity index (χ0v) is 22.1. The molecule has 0 fully saturated rings.